The van der Waals surface area contributed by atoms with Gasteiger partial charge in [0.05, 0.1) is 0 Å². The molecule has 1 heterocycles. The number of thioether (sulfide) groups is 1. The summed E-state index contributed by atoms with van der Waals surface area (Å²) in [5.41, 5.74) is 6.53. The van der Waals surface area contributed by atoms with Crippen molar-refractivity contribution in [2.24, 2.45) is 5.73 Å². The van der Waals surface area contributed by atoms with Crippen molar-refractivity contribution in [3.8, 4) is 5.75 Å². The van der Waals surface area contributed by atoms with Gasteiger partial charge in [-0.05, 0) is 18.2 Å². The van der Waals surface area contributed by atoms with Gasteiger partial charge in [-0.1, -0.05) is 6.92 Å². The molecule has 1 aliphatic rings. The van der Waals surface area contributed by atoms with Crippen molar-refractivity contribution in [3.63, 3.8) is 0 Å². The van der Waals surface area contributed by atoms with Crippen LogP contribution in [0, 0.1) is 5.82 Å². The van der Waals surface area contributed by atoms with Gasteiger partial charge in [-0.15, -0.1) is 0 Å². The van der Waals surface area contributed by atoms with E-state index in [-0.39, 0.29) is 11.9 Å². The van der Waals surface area contributed by atoms with E-state index in [1.807, 2.05) is 0 Å². The fourth-order valence-electron chi connectivity index (χ4n) is 1.72. The molecule has 0 saturated carbocycles. The molecule has 0 saturated heterocycles. The molecule has 0 fully saturated rings. The topological polar surface area (TPSA) is 35.2 Å². The van der Waals surface area contributed by atoms with Crippen LogP contribution < -0.4 is 10.5 Å². The van der Waals surface area contributed by atoms with Crippen molar-refractivity contribution in [1.29, 1.82) is 0 Å². The van der Waals surface area contributed by atoms with Gasteiger partial charge in [0.2, 0.25) is 0 Å². The molecule has 4 heteroatoms. The molecule has 2 atom stereocenters. The summed E-state index contributed by atoms with van der Waals surface area (Å²) >= 11 is 1.80. The van der Waals surface area contributed by atoms with Gasteiger partial charge in [-0.2, -0.15) is 11.8 Å². The Kier molecular flexibility index (Phi) is 3.71. The van der Waals surface area contributed by atoms with Crippen molar-refractivity contribution in [3.05, 3.63) is 29.6 Å². The predicted octanol–water partition coefficient (Wildman–Crippen LogP) is 2.21. The van der Waals surface area contributed by atoms with E-state index in [1.54, 1.807) is 23.9 Å². The Labute approximate surface area is 99.4 Å². The van der Waals surface area contributed by atoms with Crippen LogP contribution in [0.2, 0.25) is 0 Å². The van der Waals surface area contributed by atoms with Crippen LogP contribution in [0.5, 0.6) is 5.75 Å². The second-order valence-electron chi connectivity index (χ2n) is 4.08. The first-order valence-corrected chi connectivity index (χ1v) is 6.50. The number of ether oxygens (including phenoxy) is 1. The lowest BCUT2D eigenvalue weighted by Crippen LogP contribution is -2.20. The average Bonchev–Trinajstić information content (AvgIpc) is 2.67. The molecule has 1 aromatic rings. The molecule has 1 aromatic carbocycles. The summed E-state index contributed by atoms with van der Waals surface area (Å²) in [6, 6.07) is 4.71. The lowest BCUT2D eigenvalue weighted by molar-refractivity contribution is 0.259. The second-order valence-corrected chi connectivity index (χ2v) is 5.55. The molecular weight excluding hydrogens is 225 g/mol. The minimum atomic E-state index is -0.189. The molecule has 88 valence electrons. The summed E-state index contributed by atoms with van der Waals surface area (Å²) in [6.45, 7) is 2.78. The summed E-state index contributed by atoms with van der Waals surface area (Å²) < 4.78 is 18.7. The maximum Gasteiger partial charge on any atom is 0.123 e. The lowest BCUT2D eigenvalue weighted by Gasteiger charge is -2.13. The number of hydrogen-bond donors (Lipinski definition) is 1. The van der Waals surface area contributed by atoms with Gasteiger partial charge in [0.1, 0.15) is 17.7 Å². The average molecular weight is 241 g/mol. The van der Waals surface area contributed by atoms with Crippen molar-refractivity contribution >= 4 is 11.8 Å². The van der Waals surface area contributed by atoms with Gasteiger partial charge in [0, 0.05) is 29.5 Å². The molecule has 0 aliphatic carbocycles. The third-order valence-electron chi connectivity index (χ3n) is 2.66. The van der Waals surface area contributed by atoms with E-state index in [1.165, 1.54) is 6.07 Å². The van der Waals surface area contributed by atoms with Crippen LogP contribution in [0.15, 0.2) is 18.2 Å². The molecule has 2 N–H and O–H groups in total. The van der Waals surface area contributed by atoms with Crippen LogP contribution in [0.3, 0.4) is 0 Å². The number of nitrogens with two attached hydrogens (primary N) is 1. The Morgan fingerprint density at radius 2 is 2.44 bits per heavy atom. The third-order valence-corrected chi connectivity index (χ3v) is 3.99. The SMILES string of the molecule is CC(CN)SCC1Cc2cc(F)ccc2O1. The number of halogens is 1. The minimum absolute atomic E-state index is 0.163. The van der Waals surface area contributed by atoms with Gasteiger partial charge < -0.3 is 10.5 Å². The van der Waals surface area contributed by atoms with E-state index in [4.69, 9.17) is 10.5 Å². The fraction of sp³-hybridized carbons (Fsp3) is 0.500. The summed E-state index contributed by atoms with van der Waals surface area (Å²) in [7, 11) is 0. The molecule has 0 spiro atoms. The number of hydrogen-bond acceptors (Lipinski definition) is 3. The van der Waals surface area contributed by atoms with Crippen LogP contribution in [0.1, 0.15) is 12.5 Å². The molecule has 0 amide bonds. The highest BCUT2D eigenvalue weighted by molar-refractivity contribution is 7.99. The summed E-state index contributed by atoms with van der Waals surface area (Å²) in [4.78, 5) is 0. The molecule has 0 aromatic heterocycles. The van der Waals surface area contributed by atoms with Gasteiger partial charge >= 0.3 is 0 Å². The van der Waals surface area contributed by atoms with Crippen LogP contribution in [-0.4, -0.2) is 23.7 Å². The van der Waals surface area contributed by atoms with E-state index in [0.717, 1.165) is 23.5 Å². The molecule has 2 rings (SSSR count). The van der Waals surface area contributed by atoms with Gasteiger partial charge in [0.25, 0.3) is 0 Å². The smallest absolute Gasteiger partial charge is 0.123 e. The highest BCUT2D eigenvalue weighted by Gasteiger charge is 2.23. The second kappa shape index (κ2) is 5.06. The number of rotatable bonds is 4. The lowest BCUT2D eigenvalue weighted by atomic mass is 10.1. The van der Waals surface area contributed by atoms with Crippen molar-refractivity contribution < 1.29 is 9.13 Å². The Bertz CT molecular complexity index is 372. The molecular formula is C12H16FNOS. The summed E-state index contributed by atoms with van der Waals surface area (Å²) in [6.07, 6.45) is 0.966. The maximum absolute atomic E-state index is 13.0. The highest BCUT2D eigenvalue weighted by Crippen LogP contribution is 2.31. The molecule has 0 radical (unpaired) electrons. The third kappa shape index (κ3) is 2.68. The Balaban J connectivity index is 1.90. The normalized spacial score (nSPS) is 20.3. The van der Waals surface area contributed by atoms with E-state index in [9.17, 15) is 4.39 Å². The zero-order chi connectivity index (χ0) is 11.5. The summed E-state index contributed by atoms with van der Waals surface area (Å²) in [5, 5.41) is 0.448. The largest absolute Gasteiger partial charge is 0.489 e. The van der Waals surface area contributed by atoms with Gasteiger partial charge in [-0.25, -0.2) is 4.39 Å². The quantitative estimate of drug-likeness (QED) is 0.877. The summed E-state index contributed by atoms with van der Waals surface area (Å²) in [5.74, 6) is 1.55. The molecule has 0 bridgehead atoms. The fourth-order valence-corrected chi connectivity index (χ4v) is 2.59. The first-order valence-electron chi connectivity index (χ1n) is 5.46. The van der Waals surface area contributed by atoms with Crippen molar-refractivity contribution in [2.45, 2.75) is 24.7 Å². The van der Waals surface area contributed by atoms with E-state index in [2.05, 4.69) is 6.92 Å². The molecule has 2 nitrogen and oxygen atoms in total. The van der Waals surface area contributed by atoms with Crippen LogP contribution in [0.4, 0.5) is 4.39 Å². The van der Waals surface area contributed by atoms with E-state index >= 15 is 0 Å². The monoisotopic (exact) mass is 241 g/mol. The van der Waals surface area contributed by atoms with Crippen LogP contribution in [-0.2, 0) is 6.42 Å². The molecule has 16 heavy (non-hydrogen) atoms. The maximum atomic E-state index is 13.0. The van der Waals surface area contributed by atoms with E-state index < -0.39 is 0 Å². The zero-order valence-electron chi connectivity index (χ0n) is 9.28. The number of fused-ring (bicyclic) bond motifs is 1. The first kappa shape index (κ1) is 11.7. The first-order chi connectivity index (χ1) is 7.69. The Morgan fingerprint density at radius 3 is 3.19 bits per heavy atom. The van der Waals surface area contributed by atoms with Gasteiger partial charge in [-0.3, -0.25) is 0 Å². The van der Waals surface area contributed by atoms with Crippen LogP contribution >= 0.6 is 11.8 Å². The van der Waals surface area contributed by atoms with Crippen molar-refractivity contribution in [1.82, 2.24) is 0 Å². The van der Waals surface area contributed by atoms with Gasteiger partial charge in [0.15, 0.2) is 0 Å². The van der Waals surface area contributed by atoms with Crippen molar-refractivity contribution in [2.75, 3.05) is 12.3 Å². The zero-order valence-corrected chi connectivity index (χ0v) is 10.1. The molecule has 1 aliphatic heterocycles. The van der Waals surface area contributed by atoms with Crippen LogP contribution in [0.25, 0.3) is 0 Å². The standard InChI is InChI=1S/C12H16FNOS/c1-8(6-14)16-7-11-5-9-4-10(13)2-3-12(9)15-11/h2-4,8,11H,5-7,14H2,1H3. The Morgan fingerprint density at radius 1 is 1.62 bits per heavy atom. The Hall–Kier alpha value is -0.740. The highest BCUT2D eigenvalue weighted by atomic mass is 32.2. The van der Waals surface area contributed by atoms with E-state index in [0.29, 0.717) is 11.8 Å². The minimum Gasteiger partial charge on any atom is -0.489 e. The predicted molar refractivity (Wildman–Crippen MR) is 65.5 cm³/mol. The molecule has 2 unspecified atom stereocenters. The number of benzene rings is 1.